The summed E-state index contributed by atoms with van der Waals surface area (Å²) in [4.78, 5) is 0. The Kier molecular flexibility index (Phi) is 3.49. The Morgan fingerprint density at radius 1 is 1.41 bits per heavy atom. The highest BCUT2D eigenvalue weighted by atomic mass is 79.9. The van der Waals surface area contributed by atoms with E-state index in [1.165, 1.54) is 0 Å². The highest BCUT2D eigenvalue weighted by Crippen LogP contribution is 2.31. The molecule has 0 bridgehead atoms. The topological polar surface area (TPSA) is 47.3 Å². The van der Waals surface area contributed by atoms with E-state index in [1.54, 1.807) is 24.1 Å². The Balaban J connectivity index is 2.39. The summed E-state index contributed by atoms with van der Waals surface area (Å²) in [5.41, 5.74) is 1.31. The van der Waals surface area contributed by atoms with Crippen LogP contribution in [0.2, 0.25) is 0 Å². The quantitative estimate of drug-likeness (QED) is 0.945. The molecular formula is C12H13BrN2O2. The van der Waals surface area contributed by atoms with E-state index in [2.05, 4.69) is 21.0 Å². The van der Waals surface area contributed by atoms with Crippen LogP contribution in [-0.4, -0.2) is 22.0 Å². The Morgan fingerprint density at radius 2 is 2.18 bits per heavy atom. The molecular weight excluding hydrogens is 284 g/mol. The number of aliphatic hydroxyl groups excluding tert-OH is 1. The fourth-order valence-electron chi connectivity index (χ4n) is 1.65. The average molecular weight is 297 g/mol. The van der Waals surface area contributed by atoms with E-state index in [0.717, 1.165) is 4.47 Å². The summed E-state index contributed by atoms with van der Waals surface area (Å²) in [6, 6.07) is 7.29. The second kappa shape index (κ2) is 4.89. The van der Waals surface area contributed by atoms with Crippen LogP contribution in [0.5, 0.6) is 5.75 Å². The summed E-state index contributed by atoms with van der Waals surface area (Å²) < 4.78 is 7.82. The summed E-state index contributed by atoms with van der Waals surface area (Å²) in [5, 5.41) is 14.4. The first kappa shape index (κ1) is 12.1. The molecule has 4 nitrogen and oxygen atoms in total. The van der Waals surface area contributed by atoms with Crippen LogP contribution in [-0.2, 0) is 7.05 Å². The van der Waals surface area contributed by atoms with Crippen molar-refractivity contribution < 1.29 is 9.84 Å². The van der Waals surface area contributed by atoms with Gasteiger partial charge < -0.3 is 9.84 Å². The fraction of sp³-hybridized carbons (Fsp3) is 0.250. The normalized spacial score (nSPS) is 12.5. The molecule has 1 heterocycles. The summed E-state index contributed by atoms with van der Waals surface area (Å²) >= 11 is 3.37. The number of benzene rings is 1. The molecule has 1 aromatic heterocycles. The molecule has 1 unspecified atom stereocenters. The molecule has 1 atom stereocenters. The number of hydrogen-bond acceptors (Lipinski definition) is 3. The minimum atomic E-state index is -0.778. The van der Waals surface area contributed by atoms with Crippen LogP contribution in [0.3, 0.4) is 0 Å². The highest BCUT2D eigenvalue weighted by Gasteiger charge is 2.17. The Bertz CT molecular complexity index is 525. The van der Waals surface area contributed by atoms with Gasteiger partial charge in [0.15, 0.2) is 0 Å². The molecule has 2 aromatic rings. The lowest BCUT2D eigenvalue weighted by molar-refractivity contribution is 0.209. The average Bonchev–Trinajstić information content (AvgIpc) is 2.75. The number of aliphatic hydroxyl groups is 1. The zero-order valence-electron chi connectivity index (χ0n) is 9.59. The largest absolute Gasteiger partial charge is 0.496 e. The zero-order valence-corrected chi connectivity index (χ0v) is 11.2. The zero-order chi connectivity index (χ0) is 12.4. The van der Waals surface area contributed by atoms with Gasteiger partial charge >= 0.3 is 0 Å². The molecule has 0 aliphatic heterocycles. The Morgan fingerprint density at radius 3 is 2.76 bits per heavy atom. The second-order valence-corrected chi connectivity index (χ2v) is 4.62. The maximum Gasteiger partial charge on any atom is 0.126 e. The van der Waals surface area contributed by atoms with Gasteiger partial charge in [0.1, 0.15) is 11.9 Å². The standard InChI is InChI=1S/C12H13BrN2O2/c1-15-6-5-10(14-15)12(16)9-4-3-8(13)7-11(9)17-2/h3-7,12,16H,1-2H3. The van der Waals surface area contributed by atoms with Crippen molar-refractivity contribution in [3.8, 4) is 5.75 Å². The predicted octanol–water partition coefficient (Wildman–Crippen LogP) is 2.27. The van der Waals surface area contributed by atoms with Crippen molar-refractivity contribution >= 4 is 15.9 Å². The summed E-state index contributed by atoms with van der Waals surface area (Å²) in [7, 11) is 3.39. The van der Waals surface area contributed by atoms with Crippen molar-refractivity contribution in [3.05, 3.63) is 46.2 Å². The van der Waals surface area contributed by atoms with Gasteiger partial charge in [-0.25, -0.2) is 0 Å². The molecule has 0 spiro atoms. The molecule has 0 saturated heterocycles. The number of rotatable bonds is 3. The molecule has 0 fully saturated rings. The first-order valence-electron chi connectivity index (χ1n) is 5.13. The van der Waals surface area contributed by atoms with Crippen LogP contribution in [0.1, 0.15) is 17.4 Å². The van der Waals surface area contributed by atoms with Gasteiger partial charge in [0.05, 0.1) is 12.8 Å². The molecule has 1 aromatic carbocycles. The van der Waals surface area contributed by atoms with E-state index in [-0.39, 0.29) is 0 Å². The third-order valence-corrected chi connectivity index (χ3v) is 3.00. The predicted molar refractivity (Wildman–Crippen MR) is 68.0 cm³/mol. The van der Waals surface area contributed by atoms with Crippen molar-refractivity contribution in [1.82, 2.24) is 9.78 Å². The number of aromatic nitrogens is 2. The number of ether oxygens (including phenoxy) is 1. The van der Waals surface area contributed by atoms with Crippen LogP contribution >= 0.6 is 15.9 Å². The number of nitrogens with zero attached hydrogens (tertiary/aromatic N) is 2. The van der Waals surface area contributed by atoms with E-state index < -0.39 is 6.10 Å². The molecule has 17 heavy (non-hydrogen) atoms. The van der Waals surface area contributed by atoms with Gasteiger partial charge in [-0.05, 0) is 18.2 Å². The smallest absolute Gasteiger partial charge is 0.126 e. The van der Waals surface area contributed by atoms with E-state index >= 15 is 0 Å². The lowest BCUT2D eigenvalue weighted by atomic mass is 10.1. The van der Waals surface area contributed by atoms with Gasteiger partial charge in [-0.2, -0.15) is 5.10 Å². The Labute approximate surface area is 108 Å². The number of hydrogen-bond donors (Lipinski definition) is 1. The van der Waals surface area contributed by atoms with E-state index in [1.807, 2.05) is 25.2 Å². The fourth-order valence-corrected chi connectivity index (χ4v) is 1.99. The monoisotopic (exact) mass is 296 g/mol. The van der Waals surface area contributed by atoms with Gasteiger partial charge in [0.2, 0.25) is 0 Å². The molecule has 0 aliphatic rings. The van der Waals surface area contributed by atoms with Gasteiger partial charge in [-0.15, -0.1) is 0 Å². The third kappa shape index (κ3) is 2.50. The van der Waals surface area contributed by atoms with Crippen molar-refractivity contribution in [2.24, 2.45) is 7.05 Å². The molecule has 0 saturated carbocycles. The summed E-state index contributed by atoms with van der Waals surface area (Å²) in [5.74, 6) is 0.637. The second-order valence-electron chi connectivity index (χ2n) is 3.70. The molecule has 1 N–H and O–H groups in total. The molecule has 0 radical (unpaired) electrons. The van der Waals surface area contributed by atoms with Crippen molar-refractivity contribution in [2.75, 3.05) is 7.11 Å². The van der Waals surface area contributed by atoms with Crippen LogP contribution in [0, 0.1) is 0 Å². The number of aryl methyl sites for hydroxylation is 1. The summed E-state index contributed by atoms with van der Waals surface area (Å²) in [6.45, 7) is 0. The lowest BCUT2D eigenvalue weighted by Gasteiger charge is -2.13. The first-order valence-corrected chi connectivity index (χ1v) is 5.92. The van der Waals surface area contributed by atoms with E-state index in [9.17, 15) is 5.11 Å². The molecule has 5 heteroatoms. The van der Waals surface area contributed by atoms with E-state index in [0.29, 0.717) is 17.0 Å². The van der Waals surface area contributed by atoms with Crippen LogP contribution in [0.15, 0.2) is 34.9 Å². The Hall–Kier alpha value is -1.33. The van der Waals surface area contributed by atoms with Gasteiger partial charge in [0, 0.05) is 23.3 Å². The van der Waals surface area contributed by atoms with Crippen LogP contribution < -0.4 is 4.74 Å². The summed E-state index contributed by atoms with van der Waals surface area (Å²) in [6.07, 6.45) is 1.02. The SMILES string of the molecule is COc1cc(Br)ccc1C(O)c1ccn(C)n1. The highest BCUT2D eigenvalue weighted by molar-refractivity contribution is 9.10. The van der Waals surface area contributed by atoms with E-state index in [4.69, 9.17) is 4.74 Å². The number of halogens is 1. The molecule has 2 rings (SSSR count). The van der Waals surface area contributed by atoms with Crippen LogP contribution in [0.4, 0.5) is 0 Å². The van der Waals surface area contributed by atoms with Crippen LogP contribution in [0.25, 0.3) is 0 Å². The van der Waals surface area contributed by atoms with Crippen molar-refractivity contribution in [2.45, 2.75) is 6.10 Å². The first-order chi connectivity index (χ1) is 8.11. The molecule has 0 amide bonds. The van der Waals surface area contributed by atoms with Crippen molar-refractivity contribution in [1.29, 1.82) is 0 Å². The minimum absolute atomic E-state index is 0.605. The maximum absolute atomic E-state index is 10.2. The number of methoxy groups -OCH3 is 1. The minimum Gasteiger partial charge on any atom is -0.496 e. The lowest BCUT2D eigenvalue weighted by Crippen LogP contribution is -2.04. The van der Waals surface area contributed by atoms with Gasteiger partial charge in [-0.1, -0.05) is 22.0 Å². The van der Waals surface area contributed by atoms with Crippen molar-refractivity contribution in [3.63, 3.8) is 0 Å². The molecule has 90 valence electrons. The maximum atomic E-state index is 10.2. The molecule has 0 aliphatic carbocycles. The third-order valence-electron chi connectivity index (χ3n) is 2.50. The van der Waals surface area contributed by atoms with Gasteiger partial charge in [0.25, 0.3) is 0 Å². The van der Waals surface area contributed by atoms with Gasteiger partial charge in [-0.3, -0.25) is 4.68 Å².